The molecule has 0 saturated heterocycles. The first kappa shape index (κ1) is 9.12. The summed E-state index contributed by atoms with van der Waals surface area (Å²) in [5.74, 6) is 7.10. The molecule has 0 spiro atoms. The fourth-order valence-corrected chi connectivity index (χ4v) is 1.25. The third-order valence-corrected chi connectivity index (χ3v) is 1.91. The summed E-state index contributed by atoms with van der Waals surface area (Å²) in [5, 5.41) is 0.832. The van der Waals surface area contributed by atoms with Gasteiger partial charge in [0.15, 0.2) is 0 Å². The summed E-state index contributed by atoms with van der Waals surface area (Å²) in [6.45, 7) is 0. The van der Waals surface area contributed by atoms with Gasteiger partial charge in [-0.25, -0.2) is 4.79 Å². The second kappa shape index (κ2) is 3.74. The first-order valence-electron chi connectivity index (χ1n) is 4.31. The van der Waals surface area contributed by atoms with Crippen LogP contribution in [0.1, 0.15) is 5.56 Å². The van der Waals surface area contributed by atoms with Crippen LogP contribution in [0, 0.1) is 24.2 Å². The van der Waals surface area contributed by atoms with E-state index in [4.69, 9.17) is 10.8 Å². The maximum atomic E-state index is 11.4. The van der Waals surface area contributed by atoms with Gasteiger partial charge in [-0.2, -0.15) is 0 Å². The van der Waals surface area contributed by atoms with Gasteiger partial charge in [0, 0.05) is 5.39 Å². The van der Waals surface area contributed by atoms with E-state index in [1.807, 2.05) is 12.1 Å². The van der Waals surface area contributed by atoms with Gasteiger partial charge < -0.3 is 4.42 Å². The summed E-state index contributed by atoms with van der Waals surface area (Å²) in [4.78, 5) is 11.4. The summed E-state index contributed by atoms with van der Waals surface area (Å²) in [6.07, 6.45) is 4.98. The zero-order chi connectivity index (χ0) is 10.7. The molecule has 1 heterocycles. The van der Waals surface area contributed by atoms with Crippen LogP contribution < -0.4 is 5.63 Å². The Bertz CT molecular complexity index is 660. The quantitative estimate of drug-likeness (QED) is 0.472. The molecular formula is C13H6O2. The van der Waals surface area contributed by atoms with Gasteiger partial charge in [0.2, 0.25) is 0 Å². The molecule has 0 bridgehead atoms. The lowest BCUT2D eigenvalue weighted by Gasteiger charge is -1.95. The van der Waals surface area contributed by atoms with Crippen molar-refractivity contribution < 1.29 is 4.42 Å². The van der Waals surface area contributed by atoms with Crippen molar-refractivity contribution in [2.24, 2.45) is 0 Å². The molecule has 0 atom stereocenters. The SMILES string of the molecule is C#CC#Cc1cc2ccccc2oc1=O. The highest BCUT2D eigenvalue weighted by atomic mass is 16.4. The van der Waals surface area contributed by atoms with Crippen molar-refractivity contribution in [3.8, 4) is 24.2 Å². The van der Waals surface area contributed by atoms with E-state index in [9.17, 15) is 4.79 Å². The zero-order valence-corrected chi connectivity index (χ0v) is 7.78. The van der Waals surface area contributed by atoms with Crippen molar-refractivity contribution in [2.75, 3.05) is 0 Å². The molecule has 0 N–H and O–H groups in total. The van der Waals surface area contributed by atoms with E-state index in [-0.39, 0.29) is 5.56 Å². The molecule has 2 heteroatoms. The second-order valence-electron chi connectivity index (χ2n) is 2.88. The van der Waals surface area contributed by atoms with Crippen LogP contribution in [0.4, 0.5) is 0 Å². The number of fused-ring (bicyclic) bond motifs is 1. The Morgan fingerprint density at radius 1 is 1.27 bits per heavy atom. The fraction of sp³-hybridized carbons (Fsp3) is 0. The van der Waals surface area contributed by atoms with Crippen LogP contribution in [-0.4, -0.2) is 0 Å². The van der Waals surface area contributed by atoms with Crippen LogP contribution in [0.15, 0.2) is 39.5 Å². The molecule has 0 aliphatic carbocycles. The molecular weight excluding hydrogens is 188 g/mol. The van der Waals surface area contributed by atoms with Crippen LogP contribution in [0.3, 0.4) is 0 Å². The Labute approximate surface area is 86.5 Å². The molecule has 1 aromatic carbocycles. The van der Waals surface area contributed by atoms with E-state index < -0.39 is 5.63 Å². The molecule has 0 amide bonds. The third-order valence-electron chi connectivity index (χ3n) is 1.91. The molecule has 0 unspecified atom stereocenters. The summed E-state index contributed by atoms with van der Waals surface area (Å²) in [7, 11) is 0. The minimum Gasteiger partial charge on any atom is -0.422 e. The summed E-state index contributed by atoms with van der Waals surface area (Å²) in [6, 6.07) is 8.92. The lowest BCUT2D eigenvalue weighted by atomic mass is 10.2. The van der Waals surface area contributed by atoms with Crippen LogP contribution in [0.25, 0.3) is 11.0 Å². The number of hydrogen-bond acceptors (Lipinski definition) is 2. The Balaban J connectivity index is 2.74. The van der Waals surface area contributed by atoms with Crippen molar-refractivity contribution in [1.82, 2.24) is 0 Å². The predicted molar refractivity (Wildman–Crippen MR) is 58.2 cm³/mol. The molecule has 0 aliphatic heterocycles. The molecule has 2 aromatic rings. The van der Waals surface area contributed by atoms with E-state index >= 15 is 0 Å². The van der Waals surface area contributed by atoms with Gasteiger partial charge in [0.25, 0.3) is 0 Å². The van der Waals surface area contributed by atoms with Crippen LogP contribution in [-0.2, 0) is 0 Å². The highest BCUT2D eigenvalue weighted by Crippen LogP contribution is 2.11. The first-order chi connectivity index (χ1) is 7.31. The van der Waals surface area contributed by atoms with Gasteiger partial charge in [0.05, 0.1) is 0 Å². The van der Waals surface area contributed by atoms with Crippen molar-refractivity contribution in [3.05, 3.63) is 46.3 Å². The minimum absolute atomic E-state index is 0.284. The summed E-state index contributed by atoms with van der Waals surface area (Å²) >= 11 is 0. The Morgan fingerprint density at radius 2 is 2.07 bits per heavy atom. The van der Waals surface area contributed by atoms with E-state index in [1.54, 1.807) is 18.2 Å². The standard InChI is InChI=1S/C13H6O2/c1-2-3-6-11-9-10-7-4-5-8-12(10)15-13(11)14/h1,4-5,7-9H. The average Bonchev–Trinajstić information content (AvgIpc) is 2.26. The minimum atomic E-state index is -0.462. The molecule has 2 rings (SSSR count). The second-order valence-corrected chi connectivity index (χ2v) is 2.88. The van der Waals surface area contributed by atoms with E-state index in [1.165, 1.54) is 0 Å². The van der Waals surface area contributed by atoms with Gasteiger partial charge in [-0.05, 0) is 29.9 Å². The van der Waals surface area contributed by atoms with Crippen molar-refractivity contribution in [2.45, 2.75) is 0 Å². The van der Waals surface area contributed by atoms with Crippen LogP contribution in [0.2, 0.25) is 0 Å². The van der Waals surface area contributed by atoms with Crippen molar-refractivity contribution >= 4 is 11.0 Å². The number of rotatable bonds is 0. The van der Waals surface area contributed by atoms with E-state index in [2.05, 4.69) is 17.8 Å². The van der Waals surface area contributed by atoms with Crippen LogP contribution in [0.5, 0.6) is 0 Å². The molecule has 2 nitrogen and oxygen atoms in total. The van der Waals surface area contributed by atoms with Gasteiger partial charge in [0.1, 0.15) is 11.1 Å². The Morgan fingerprint density at radius 3 is 2.87 bits per heavy atom. The molecule has 0 aliphatic rings. The highest BCUT2D eigenvalue weighted by molar-refractivity contribution is 5.77. The van der Waals surface area contributed by atoms with Gasteiger partial charge in [-0.15, -0.1) is 6.42 Å². The Hall–Kier alpha value is -2.45. The van der Waals surface area contributed by atoms with Crippen molar-refractivity contribution in [3.63, 3.8) is 0 Å². The number of hydrogen-bond donors (Lipinski definition) is 0. The normalized spacial score (nSPS) is 9.00. The Kier molecular flexibility index (Phi) is 2.27. The lowest BCUT2D eigenvalue weighted by molar-refractivity contribution is 0.559. The maximum absolute atomic E-state index is 11.4. The molecule has 0 radical (unpaired) electrons. The molecule has 70 valence electrons. The topological polar surface area (TPSA) is 30.2 Å². The van der Waals surface area contributed by atoms with Gasteiger partial charge in [-0.1, -0.05) is 18.2 Å². The smallest absolute Gasteiger partial charge is 0.352 e. The first-order valence-corrected chi connectivity index (χ1v) is 4.31. The lowest BCUT2D eigenvalue weighted by Crippen LogP contribution is -2.02. The van der Waals surface area contributed by atoms with Gasteiger partial charge >= 0.3 is 5.63 Å². The van der Waals surface area contributed by atoms with Gasteiger partial charge in [-0.3, -0.25) is 0 Å². The van der Waals surface area contributed by atoms with E-state index in [0.717, 1.165) is 5.39 Å². The highest BCUT2D eigenvalue weighted by Gasteiger charge is 2.01. The fourth-order valence-electron chi connectivity index (χ4n) is 1.25. The van der Waals surface area contributed by atoms with Crippen LogP contribution >= 0.6 is 0 Å². The third kappa shape index (κ3) is 1.75. The number of para-hydroxylation sites is 1. The monoisotopic (exact) mass is 194 g/mol. The largest absolute Gasteiger partial charge is 0.422 e. The predicted octanol–water partition coefficient (Wildman–Crippen LogP) is 1.78. The molecule has 1 aromatic heterocycles. The molecule has 15 heavy (non-hydrogen) atoms. The number of terminal acetylenes is 1. The maximum Gasteiger partial charge on any atom is 0.352 e. The van der Waals surface area contributed by atoms with E-state index in [0.29, 0.717) is 5.58 Å². The average molecular weight is 194 g/mol. The van der Waals surface area contributed by atoms with Crippen molar-refractivity contribution in [1.29, 1.82) is 0 Å². The zero-order valence-electron chi connectivity index (χ0n) is 7.78. The summed E-state index contributed by atoms with van der Waals surface area (Å²) < 4.78 is 5.06. The summed E-state index contributed by atoms with van der Waals surface area (Å²) in [5.41, 5.74) is 0.372. The molecule has 0 fully saturated rings. The molecule has 0 saturated carbocycles. The number of benzene rings is 1.